The Kier molecular flexibility index (Phi) is 2.98. The number of hydrogen-bond donors (Lipinski definition) is 0. The molecule has 0 spiro atoms. The number of Topliss-reactive ketones (excluding diaryl/α,β-unsaturated/α-hetero) is 1. The van der Waals surface area contributed by atoms with E-state index in [1.165, 1.54) is 18.4 Å². The van der Waals surface area contributed by atoms with Crippen LogP contribution in [0.4, 0.5) is 0 Å². The van der Waals surface area contributed by atoms with E-state index in [-0.39, 0.29) is 5.41 Å². The van der Waals surface area contributed by atoms with Gasteiger partial charge in [-0.05, 0) is 50.4 Å². The Morgan fingerprint density at radius 3 is 2.75 bits per heavy atom. The van der Waals surface area contributed by atoms with Gasteiger partial charge in [-0.3, -0.25) is 4.79 Å². The van der Waals surface area contributed by atoms with Crippen molar-refractivity contribution < 1.29 is 4.79 Å². The summed E-state index contributed by atoms with van der Waals surface area (Å²) in [7, 11) is 0. The van der Waals surface area contributed by atoms with Gasteiger partial charge in [0.05, 0.1) is 0 Å². The highest BCUT2D eigenvalue weighted by Crippen LogP contribution is 2.52. The fraction of sp³-hybridized carbons (Fsp3) is 0.800. The van der Waals surface area contributed by atoms with Gasteiger partial charge in [-0.1, -0.05) is 26.0 Å². The lowest BCUT2D eigenvalue weighted by molar-refractivity contribution is -0.140. The molecule has 0 aliphatic heterocycles. The molecule has 0 heterocycles. The number of carbonyl (C=O) groups excluding carboxylic acids is 1. The van der Waals surface area contributed by atoms with Crippen molar-refractivity contribution in [3.05, 3.63) is 12.2 Å². The molecule has 4 atom stereocenters. The lowest BCUT2D eigenvalue weighted by atomic mass is 9.54. The summed E-state index contributed by atoms with van der Waals surface area (Å²) in [5.74, 6) is 2.50. The molecule has 0 aromatic carbocycles. The molecule has 2 fully saturated rings. The normalized spacial score (nSPS) is 43.9. The van der Waals surface area contributed by atoms with Crippen LogP contribution in [-0.4, -0.2) is 5.78 Å². The van der Waals surface area contributed by atoms with Gasteiger partial charge in [0.25, 0.3) is 0 Å². The number of hydrogen-bond acceptors (Lipinski definition) is 1. The van der Waals surface area contributed by atoms with Crippen LogP contribution in [0.3, 0.4) is 0 Å². The van der Waals surface area contributed by atoms with Gasteiger partial charge in [-0.15, -0.1) is 0 Å². The van der Waals surface area contributed by atoms with Crippen molar-refractivity contribution in [2.75, 3.05) is 0 Å². The number of rotatable bonds is 1. The second-order valence-corrected chi connectivity index (χ2v) is 6.28. The molecule has 1 heteroatoms. The molecule has 2 rings (SSSR count). The summed E-state index contributed by atoms with van der Waals surface area (Å²) in [4.78, 5) is 12.1. The third kappa shape index (κ3) is 1.74. The van der Waals surface area contributed by atoms with E-state index in [1.54, 1.807) is 0 Å². The van der Waals surface area contributed by atoms with E-state index < -0.39 is 0 Å². The summed E-state index contributed by atoms with van der Waals surface area (Å²) in [6.45, 7) is 10.8. The molecule has 0 saturated heterocycles. The van der Waals surface area contributed by atoms with Crippen LogP contribution in [-0.2, 0) is 4.79 Å². The molecule has 0 amide bonds. The highest BCUT2D eigenvalue weighted by Gasteiger charge is 2.49. The Morgan fingerprint density at radius 1 is 1.44 bits per heavy atom. The molecule has 2 aliphatic carbocycles. The standard InChI is InChI=1S/C15H24O/c1-10(2)12-7-8-15(4)13(9-12)11(3)5-6-14(15)16/h11-13H,1,5-9H2,2-4H3/t11-,12+,13-,15-/m0/s1. The minimum atomic E-state index is -0.0103. The maximum absolute atomic E-state index is 12.1. The lowest BCUT2D eigenvalue weighted by Gasteiger charge is -2.49. The Labute approximate surface area is 99.3 Å². The maximum Gasteiger partial charge on any atom is 0.139 e. The van der Waals surface area contributed by atoms with Crippen LogP contribution < -0.4 is 0 Å². The number of carbonyl (C=O) groups is 1. The first-order chi connectivity index (χ1) is 7.45. The SMILES string of the molecule is C=C(C)[C@@H]1CC[C@]2(C)C(=O)CC[C@H](C)[C@@H]2C1. The molecule has 0 N–H and O–H groups in total. The van der Waals surface area contributed by atoms with Crippen molar-refractivity contribution in [1.29, 1.82) is 0 Å². The third-order valence-electron chi connectivity index (χ3n) is 5.22. The average Bonchev–Trinajstić information content (AvgIpc) is 2.24. The number of fused-ring (bicyclic) bond motifs is 1. The monoisotopic (exact) mass is 220 g/mol. The van der Waals surface area contributed by atoms with E-state index in [2.05, 4.69) is 27.4 Å². The summed E-state index contributed by atoms with van der Waals surface area (Å²) in [6.07, 6.45) is 5.35. The molecule has 1 nitrogen and oxygen atoms in total. The maximum atomic E-state index is 12.1. The predicted octanol–water partition coefficient (Wildman–Crippen LogP) is 3.98. The molecule has 2 saturated carbocycles. The molecule has 0 aromatic rings. The quantitative estimate of drug-likeness (QED) is 0.611. The molecule has 0 aromatic heterocycles. The predicted molar refractivity (Wildman–Crippen MR) is 67.2 cm³/mol. The van der Waals surface area contributed by atoms with Crippen LogP contribution in [0.5, 0.6) is 0 Å². The minimum absolute atomic E-state index is 0.0103. The van der Waals surface area contributed by atoms with Gasteiger partial charge < -0.3 is 0 Å². The van der Waals surface area contributed by atoms with Gasteiger partial charge in [-0.2, -0.15) is 0 Å². The van der Waals surface area contributed by atoms with Gasteiger partial charge in [0, 0.05) is 11.8 Å². The average molecular weight is 220 g/mol. The van der Waals surface area contributed by atoms with Gasteiger partial charge >= 0.3 is 0 Å². The van der Waals surface area contributed by atoms with Gasteiger partial charge in [-0.25, -0.2) is 0 Å². The second-order valence-electron chi connectivity index (χ2n) is 6.28. The van der Waals surface area contributed by atoms with E-state index in [0.717, 1.165) is 19.3 Å². The van der Waals surface area contributed by atoms with Crippen LogP contribution in [0.25, 0.3) is 0 Å². The van der Waals surface area contributed by atoms with Crippen molar-refractivity contribution in [3.63, 3.8) is 0 Å². The number of allylic oxidation sites excluding steroid dienone is 1. The lowest BCUT2D eigenvalue weighted by Crippen LogP contribution is -2.47. The molecule has 0 bridgehead atoms. The van der Waals surface area contributed by atoms with Gasteiger partial charge in [0.15, 0.2) is 0 Å². The molecular formula is C15H24O. The zero-order valence-electron chi connectivity index (χ0n) is 10.9. The highest BCUT2D eigenvalue weighted by atomic mass is 16.1. The largest absolute Gasteiger partial charge is 0.299 e. The van der Waals surface area contributed by atoms with Gasteiger partial charge in [0.1, 0.15) is 5.78 Å². The molecule has 16 heavy (non-hydrogen) atoms. The van der Waals surface area contributed by atoms with Crippen LogP contribution in [0.1, 0.15) is 52.9 Å². The third-order valence-corrected chi connectivity index (χ3v) is 5.22. The minimum Gasteiger partial charge on any atom is -0.299 e. The molecule has 0 radical (unpaired) electrons. The molecule has 0 unspecified atom stereocenters. The van der Waals surface area contributed by atoms with Crippen molar-refractivity contribution in [1.82, 2.24) is 0 Å². The summed E-state index contributed by atoms with van der Waals surface area (Å²) < 4.78 is 0. The van der Waals surface area contributed by atoms with Crippen molar-refractivity contribution in [3.8, 4) is 0 Å². The van der Waals surface area contributed by atoms with Crippen LogP contribution in [0, 0.1) is 23.2 Å². The fourth-order valence-electron chi connectivity index (χ4n) is 3.84. The summed E-state index contributed by atoms with van der Waals surface area (Å²) in [5.41, 5.74) is 1.30. The molecular weight excluding hydrogens is 196 g/mol. The first kappa shape index (κ1) is 11.9. The van der Waals surface area contributed by atoms with E-state index in [9.17, 15) is 4.79 Å². The van der Waals surface area contributed by atoms with E-state index in [0.29, 0.717) is 23.5 Å². The van der Waals surface area contributed by atoms with E-state index >= 15 is 0 Å². The smallest absolute Gasteiger partial charge is 0.139 e. The zero-order chi connectivity index (χ0) is 11.9. The highest BCUT2D eigenvalue weighted by molar-refractivity contribution is 5.85. The summed E-state index contributed by atoms with van der Waals surface area (Å²) in [5, 5.41) is 0. The molecule has 2 aliphatic rings. The van der Waals surface area contributed by atoms with E-state index in [1.807, 2.05) is 0 Å². The fourth-order valence-corrected chi connectivity index (χ4v) is 3.84. The van der Waals surface area contributed by atoms with Crippen molar-refractivity contribution in [2.24, 2.45) is 23.2 Å². The Bertz CT molecular complexity index is 317. The van der Waals surface area contributed by atoms with Crippen LogP contribution >= 0.6 is 0 Å². The van der Waals surface area contributed by atoms with Crippen LogP contribution in [0.15, 0.2) is 12.2 Å². The topological polar surface area (TPSA) is 17.1 Å². The zero-order valence-corrected chi connectivity index (χ0v) is 10.9. The Hall–Kier alpha value is -0.590. The van der Waals surface area contributed by atoms with Gasteiger partial charge in [0.2, 0.25) is 0 Å². The Morgan fingerprint density at radius 2 is 2.12 bits per heavy atom. The second kappa shape index (κ2) is 4.01. The first-order valence-corrected chi connectivity index (χ1v) is 6.64. The number of ketones is 1. The van der Waals surface area contributed by atoms with Crippen LogP contribution in [0.2, 0.25) is 0 Å². The Balaban J connectivity index is 2.21. The molecule has 90 valence electrons. The summed E-state index contributed by atoms with van der Waals surface area (Å²) >= 11 is 0. The van der Waals surface area contributed by atoms with E-state index in [4.69, 9.17) is 0 Å². The van der Waals surface area contributed by atoms with Crippen molar-refractivity contribution >= 4 is 5.78 Å². The summed E-state index contributed by atoms with van der Waals surface area (Å²) in [6, 6.07) is 0. The van der Waals surface area contributed by atoms with Crippen molar-refractivity contribution in [2.45, 2.75) is 52.9 Å². The first-order valence-electron chi connectivity index (χ1n) is 6.64.